The van der Waals surface area contributed by atoms with Crippen LogP contribution in [0.2, 0.25) is 0 Å². The van der Waals surface area contributed by atoms with Gasteiger partial charge in [-0.3, -0.25) is 4.79 Å². The number of rotatable bonds is 3. The number of aliphatic carboxylic acids is 1. The van der Waals surface area contributed by atoms with Gasteiger partial charge in [0.15, 0.2) is 5.76 Å². The average Bonchev–Trinajstić information content (AvgIpc) is 2.61. The van der Waals surface area contributed by atoms with E-state index in [2.05, 4.69) is 0 Å². The summed E-state index contributed by atoms with van der Waals surface area (Å²) >= 11 is 0. The molecule has 1 heterocycles. The molecule has 0 aromatic carbocycles. The van der Waals surface area contributed by atoms with Crippen LogP contribution in [0.5, 0.6) is 0 Å². The minimum absolute atomic E-state index is 0.156. The Hall–Kier alpha value is -1.78. The summed E-state index contributed by atoms with van der Waals surface area (Å²) in [6.45, 7) is 3.16. The number of furan rings is 1. The largest absolute Gasteiger partial charge is 0.480 e. The minimum Gasteiger partial charge on any atom is -0.480 e. The van der Waals surface area contributed by atoms with Gasteiger partial charge in [0.05, 0.1) is 0 Å². The van der Waals surface area contributed by atoms with Crippen LogP contribution in [0, 0.1) is 6.92 Å². The smallest absolute Gasteiger partial charge is 0.326 e. The van der Waals surface area contributed by atoms with Gasteiger partial charge in [0.25, 0.3) is 5.91 Å². The van der Waals surface area contributed by atoms with Crippen LogP contribution < -0.4 is 0 Å². The molecule has 5 heteroatoms. The van der Waals surface area contributed by atoms with Crippen molar-refractivity contribution in [3.8, 4) is 0 Å². The van der Waals surface area contributed by atoms with Gasteiger partial charge in [-0.1, -0.05) is 0 Å². The van der Waals surface area contributed by atoms with Gasteiger partial charge >= 0.3 is 5.97 Å². The molecule has 0 aliphatic carbocycles. The number of likely N-dealkylation sites (N-methyl/N-ethyl adjacent to an activating group) is 1. The zero-order valence-corrected chi connectivity index (χ0v) is 8.85. The molecular formula is C10H13NO4. The first-order chi connectivity index (χ1) is 6.93. The van der Waals surface area contributed by atoms with Gasteiger partial charge in [-0.25, -0.2) is 4.79 Å². The lowest BCUT2D eigenvalue weighted by Crippen LogP contribution is -2.40. The maximum absolute atomic E-state index is 11.7. The molecule has 0 bridgehead atoms. The van der Waals surface area contributed by atoms with Gasteiger partial charge < -0.3 is 14.4 Å². The summed E-state index contributed by atoms with van der Waals surface area (Å²) in [4.78, 5) is 23.5. The Kier molecular flexibility index (Phi) is 3.14. The van der Waals surface area contributed by atoms with E-state index in [9.17, 15) is 9.59 Å². The lowest BCUT2D eigenvalue weighted by atomic mass is 10.3. The summed E-state index contributed by atoms with van der Waals surface area (Å²) in [5.41, 5.74) is 0. The number of aryl methyl sites for hydroxylation is 1. The van der Waals surface area contributed by atoms with Gasteiger partial charge in [0.1, 0.15) is 11.8 Å². The van der Waals surface area contributed by atoms with E-state index in [0.29, 0.717) is 5.76 Å². The molecule has 1 unspecified atom stereocenters. The standard InChI is InChI=1S/C10H13NO4/c1-6-4-5-8(15-6)9(12)11(3)7(2)10(13)14/h4-5,7H,1-3H3,(H,13,14). The van der Waals surface area contributed by atoms with Crippen molar-refractivity contribution < 1.29 is 19.1 Å². The van der Waals surface area contributed by atoms with Gasteiger partial charge in [0, 0.05) is 7.05 Å². The third-order valence-corrected chi connectivity index (χ3v) is 2.21. The molecule has 0 aliphatic heterocycles. The van der Waals surface area contributed by atoms with E-state index in [1.54, 1.807) is 13.0 Å². The Morgan fingerprint density at radius 1 is 1.47 bits per heavy atom. The molecule has 1 aromatic rings. The number of amides is 1. The predicted octanol–water partition coefficient (Wildman–Crippen LogP) is 1.13. The summed E-state index contributed by atoms with van der Waals surface area (Å²) < 4.78 is 5.11. The third kappa shape index (κ3) is 2.37. The molecule has 0 saturated carbocycles. The average molecular weight is 211 g/mol. The first-order valence-electron chi connectivity index (χ1n) is 4.50. The van der Waals surface area contributed by atoms with Crippen LogP contribution in [0.4, 0.5) is 0 Å². The molecule has 5 nitrogen and oxygen atoms in total. The van der Waals surface area contributed by atoms with Crippen LogP contribution >= 0.6 is 0 Å². The highest BCUT2D eigenvalue weighted by molar-refractivity contribution is 5.94. The summed E-state index contributed by atoms with van der Waals surface area (Å²) in [6, 6.07) is 2.32. The summed E-state index contributed by atoms with van der Waals surface area (Å²) in [6.07, 6.45) is 0. The Balaban J connectivity index is 2.81. The number of carbonyl (C=O) groups is 2. The number of carboxylic acid groups (broad SMARTS) is 1. The van der Waals surface area contributed by atoms with Crippen molar-refractivity contribution in [1.82, 2.24) is 4.90 Å². The zero-order chi connectivity index (χ0) is 11.6. The van der Waals surface area contributed by atoms with Crippen molar-refractivity contribution in [2.45, 2.75) is 19.9 Å². The summed E-state index contributed by atoms with van der Waals surface area (Å²) in [5, 5.41) is 8.73. The number of nitrogens with zero attached hydrogens (tertiary/aromatic N) is 1. The van der Waals surface area contributed by atoms with Crippen LogP contribution in [0.15, 0.2) is 16.5 Å². The van der Waals surface area contributed by atoms with E-state index in [1.165, 1.54) is 20.0 Å². The quantitative estimate of drug-likeness (QED) is 0.813. The van der Waals surface area contributed by atoms with E-state index >= 15 is 0 Å². The topological polar surface area (TPSA) is 70.8 Å². The highest BCUT2D eigenvalue weighted by Crippen LogP contribution is 2.10. The van der Waals surface area contributed by atoms with Crippen LogP contribution in [0.3, 0.4) is 0 Å². The maximum Gasteiger partial charge on any atom is 0.326 e. The lowest BCUT2D eigenvalue weighted by Gasteiger charge is -2.19. The number of carbonyl (C=O) groups excluding carboxylic acids is 1. The Morgan fingerprint density at radius 3 is 2.47 bits per heavy atom. The molecule has 1 amide bonds. The highest BCUT2D eigenvalue weighted by Gasteiger charge is 2.24. The molecule has 1 N–H and O–H groups in total. The summed E-state index contributed by atoms with van der Waals surface area (Å²) in [5.74, 6) is -0.704. The molecule has 1 rings (SSSR count). The second-order valence-electron chi connectivity index (χ2n) is 3.34. The Labute approximate surface area is 87.3 Å². The first kappa shape index (κ1) is 11.3. The second-order valence-corrected chi connectivity index (χ2v) is 3.34. The molecular weight excluding hydrogens is 198 g/mol. The van der Waals surface area contributed by atoms with Crippen molar-refractivity contribution in [1.29, 1.82) is 0 Å². The van der Waals surface area contributed by atoms with Crippen LogP contribution in [-0.4, -0.2) is 35.0 Å². The normalized spacial score (nSPS) is 12.2. The fourth-order valence-corrected chi connectivity index (χ4v) is 1.06. The molecule has 0 spiro atoms. The first-order valence-corrected chi connectivity index (χ1v) is 4.50. The fourth-order valence-electron chi connectivity index (χ4n) is 1.06. The van der Waals surface area contributed by atoms with Gasteiger partial charge in [0.2, 0.25) is 0 Å². The van der Waals surface area contributed by atoms with Crippen LogP contribution in [0.1, 0.15) is 23.2 Å². The van der Waals surface area contributed by atoms with Gasteiger partial charge in [-0.05, 0) is 26.0 Å². The van der Waals surface area contributed by atoms with E-state index in [1.807, 2.05) is 0 Å². The van der Waals surface area contributed by atoms with Crippen molar-refractivity contribution in [2.24, 2.45) is 0 Å². The second kappa shape index (κ2) is 4.16. The van der Waals surface area contributed by atoms with E-state index in [4.69, 9.17) is 9.52 Å². The molecule has 0 aliphatic rings. The molecule has 15 heavy (non-hydrogen) atoms. The Morgan fingerprint density at radius 2 is 2.07 bits per heavy atom. The molecule has 82 valence electrons. The molecule has 1 atom stereocenters. The van der Waals surface area contributed by atoms with Crippen molar-refractivity contribution in [2.75, 3.05) is 7.05 Å². The molecule has 0 fully saturated rings. The number of hydrogen-bond acceptors (Lipinski definition) is 3. The summed E-state index contributed by atoms with van der Waals surface area (Å²) in [7, 11) is 1.43. The Bertz CT molecular complexity index is 383. The van der Waals surface area contributed by atoms with Crippen LogP contribution in [-0.2, 0) is 4.79 Å². The maximum atomic E-state index is 11.7. The van der Waals surface area contributed by atoms with Crippen LogP contribution in [0.25, 0.3) is 0 Å². The fraction of sp³-hybridized carbons (Fsp3) is 0.400. The molecule has 0 saturated heterocycles. The molecule has 1 aromatic heterocycles. The predicted molar refractivity (Wildman–Crippen MR) is 52.6 cm³/mol. The van der Waals surface area contributed by atoms with Gasteiger partial charge in [-0.15, -0.1) is 0 Å². The minimum atomic E-state index is -1.05. The lowest BCUT2D eigenvalue weighted by molar-refractivity contribution is -0.141. The molecule has 0 radical (unpaired) electrons. The highest BCUT2D eigenvalue weighted by atomic mass is 16.4. The SMILES string of the molecule is Cc1ccc(C(=O)N(C)C(C)C(=O)O)o1. The number of carboxylic acids is 1. The number of hydrogen-bond donors (Lipinski definition) is 1. The third-order valence-electron chi connectivity index (χ3n) is 2.21. The van der Waals surface area contributed by atoms with Crippen molar-refractivity contribution in [3.63, 3.8) is 0 Å². The van der Waals surface area contributed by atoms with E-state index < -0.39 is 17.9 Å². The zero-order valence-electron chi connectivity index (χ0n) is 8.85. The van der Waals surface area contributed by atoms with Gasteiger partial charge in [-0.2, -0.15) is 0 Å². The monoisotopic (exact) mass is 211 g/mol. The van der Waals surface area contributed by atoms with E-state index in [-0.39, 0.29) is 5.76 Å². The van der Waals surface area contributed by atoms with Crippen molar-refractivity contribution in [3.05, 3.63) is 23.7 Å². The van der Waals surface area contributed by atoms with Crippen molar-refractivity contribution >= 4 is 11.9 Å². The van der Waals surface area contributed by atoms with E-state index in [0.717, 1.165) is 4.90 Å².